The van der Waals surface area contributed by atoms with Gasteiger partial charge in [-0.1, -0.05) is 33.1 Å². The summed E-state index contributed by atoms with van der Waals surface area (Å²) in [6.45, 7) is 3.93. The minimum Gasteiger partial charge on any atom is -0.550 e. The number of hydrogen-bond donors (Lipinski definition) is 3. The number of carbonyl (C=O) groups is 2. The molecule has 0 spiro atoms. The van der Waals surface area contributed by atoms with E-state index in [1.807, 2.05) is 13.8 Å². The van der Waals surface area contributed by atoms with Crippen LogP contribution in [0.25, 0.3) is 5.69 Å². The fraction of sp³-hybridized carbons (Fsp3) is 0.577. The van der Waals surface area contributed by atoms with E-state index in [0.29, 0.717) is 23.5 Å². The van der Waals surface area contributed by atoms with Crippen LogP contribution in [-0.4, -0.2) is 50.1 Å². The Morgan fingerprint density at radius 1 is 1.14 bits per heavy atom. The largest absolute Gasteiger partial charge is 0.550 e. The summed E-state index contributed by atoms with van der Waals surface area (Å²) in [5.41, 5.74) is 2.38. The van der Waals surface area contributed by atoms with Crippen LogP contribution in [0, 0.1) is 5.82 Å². The van der Waals surface area contributed by atoms with Crippen LogP contribution in [0.2, 0.25) is 0 Å². The number of carbonyl (C=O) groups excluding carboxylic acids is 2. The first-order chi connectivity index (χ1) is 16.7. The van der Waals surface area contributed by atoms with Gasteiger partial charge in [0.25, 0.3) is 5.91 Å². The summed E-state index contributed by atoms with van der Waals surface area (Å²) in [5.74, 6) is -2.06. The molecule has 0 radical (unpaired) electrons. The molecule has 2 atom stereocenters. The van der Waals surface area contributed by atoms with Gasteiger partial charge in [0.2, 0.25) is 0 Å². The topological polar surface area (TPSA) is 128 Å². The van der Waals surface area contributed by atoms with Crippen molar-refractivity contribution in [1.29, 1.82) is 0 Å². The lowest BCUT2D eigenvalue weighted by Gasteiger charge is -2.22. The molecule has 2 aromatic rings. The normalized spacial score (nSPS) is 16.3. The Hall–Kier alpha value is -2.78. The molecule has 1 aromatic heterocycles. The third-order valence-electron chi connectivity index (χ3n) is 6.49. The van der Waals surface area contributed by atoms with Gasteiger partial charge in [-0.15, -0.1) is 0 Å². The van der Waals surface area contributed by atoms with Gasteiger partial charge in [-0.2, -0.15) is 5.10 Å². The van der Waals surface area contributed by atoms with E-state index in [9.17, 15) is 29.3 Å². The highest BCUT2D eigenvalue weighted by molar-refractivity contribution is 5.94. The van der Waals surface area contributed by atoms with Crippen LogP contribution in [-0.2, 0) is 11.2 Å². The fourth-order valence-electron chi connectivity index (χ4n) is 4.79. The van der Waals surface area contributed by atoms with Gasteiger partial charge in [-0.05, 0) is 62.3 Å². The molecule has 9 heteroatoms. The molecule has 0 bridgehead atoms. The van der Waals surface area contributed by atoms with Gasteiger partial charge >= 0.3 is 0 Å². The van der Waals surface area contributed by atoms with Gasteiger partial charge in [-0.3, -0.25) is 4.79 Å². The van der Waals surface area contributed by atoms with Gasteiger partial charge in [-0.25, -0.2) is 9.07 Å². The van der Waals surface area contributed by atoms with Crippen LogP contribution < -0.4 is 10.4 Å². The molecule has 1 heterocycles. The highest BCUT2D eigenvalue weighted by atomic mass is 19.1. The van der Waals surface area contributed by atoms with E-state index in [1.165, 1.54) is 18.6 Å². The van der Waals surface area contributed by atoms with Crippen LogP contribution in [0.5, 0.6) is 0 Å². The number of rotatable bonds is 11. The molecular formula is C26H35FN3O5-. The molecule has 35 heavy (non-hydrogen) atoms. The quantitative estimate of drug-likeness (QED) is 0.446. The third-order valence-corrected chi connectivity index (χ3v) is 6.49. The van der Waals surface area contributed by atoms with Crippen LogP contribution in [0.1, 0.15) is 92.9 Å². The van der Waals surface area contributed by atoms with E-state index in [0.717, 1.165) is 31.2 Å². The number of halogens is 1. The second-order valence-corrected chi connectivity index (χ2v) is 9.72. The monoisotopic (exact) mass is 488 g/mol. The van der Waals surface area contributed by atoms with E-state index in [-0.39, 0.29) is 36.5 Å². The summed E-state index contributed by atoms with van der Waals surface area (Å²) in [5, 5.41) is 38.7. The predicted molar refractivity (Wildman–Crippen MR) is 127 cm³/mol. The average molecular weight is 489 g/mol. The zero-order chi connectivity index (χ0) is 25.5. The number of hydrogen-bond acceptors (Lipinski definition) is 6. The lowest BCUT2D eigenvalue weighted by molar-refractivity contribution is -0.307. The van der Waals surface area contributed by atoms with Crippen molar-refractivity contribution in [2.75, 3.05) is 0 Å². The van der Waals surface area contributed by atoms with Crippen LogP contribution in [0.3, 0.4) is 0 Å². The van der Waals surface area contributed by atoms with Crippen molar-refractivity contribution >= 4 is 11.9 Å². The Labute approximate surface area is 205 Å². The van der Waals surface area contributed by atoms with Crippen molar-refractivity contribution < 1.29 is 29.3 Å². The Morgan fingerprint density at radius 3 is 2.40 bits per heavy atom. The molecule has 1 aromatic carbocycles. The van der Waals surface area contributed by atoms with E-state index < -0.39 is 24.6 Å². The Bertz CT molecular complexity index is 999. The molecule has 0 aliphatic heterocycles. The zero-order valence-corrected chi connectivity index (χ0v) is 20.4. The first-order valence-corrected chi connectivity index (χ1v) is 12.4. The molecule has 3 rings (SSSR count). The zero-order valence-electron chi connectivity index (χ0n) is 20.4. The maximum Gasteiger partial charge on any atom is 0.272 e. The lowest BCUT2D eigenvalue weighted by atomic mass is 9.94. The lowest BCUT2D eigenvalue weighted by Crippen LogP contribution is -2.36. The number of nitrogens with zero attached hydrogens (tertiary/aromatic N) is 2. The molecule has 8 nitrogen and oxygen atoms in total. The fourth-order valence-corrected chi connectivity index (χ4v) is 4.79. The van der Waals surface area contributed by atoms with Crippen LogP contribution in [0.15, 0.2) is 24.3 Å². The van der Waals surface area contributed by atoms with Crippen molar-refractivity contribution in [3.8, 4) is 5.69 Å². The van der Waals surface area contributed by atoms with Crippen molar-refractivity contribution in [2.24, 2.45) is 0 Å². The number of benzene rings is 1. The Morgan fingerprint density at radius 2 is 1.80 bits per heavy atom. The SMILES string of the molecule is CC(C)c1c(C(=O)NC2CCCCC2)nn(-c2ccc(F)cc2)c1CC[C@@H](O)C[C@@H](O)CC(=O)[O-]. The van der Waals surface area contributed by atoms with Gasteiger partial charge in [0, 0.05) is 29.7 Å². The number of carboxylic acid groups (broad SMARTS) is 1. The van der Waals surface area contributed by atoms with Crippen molar-refractivity contribution in [3.63, 3.8) is 0 Å². The number of aliphatic hydroxyl groups is 2. The summed E-state index contributed by atoms with van der Waals surface area (Å²) in [6, 6.07) is 5.92. The van der Waals surface area contributed by atoms with Crippen molar-refractivity contribution in [1.82, 2.24) is 15.1 Å². The maximum absolute atomic E-state index is 13.6. The number of nitrogens with one attached hydrogen (secondary N) is 1. The summed E-state index contributed by atoms with van der Waals surface area (Å²) in [6.07, 6.45) is 2.94. The van der Waals surface area contributed by atoms with E-state index in [1.54, 1.807) is 16.8 Å². The first kappa shape index (κ1) is 26.8. The third kappa shape index (κ3) is 7.35. The molecule has 1 saturated carbocycles. The molecule has 1 amide bonds. The second-order valence-electron chi connectivity index (χ2n) is 9.72. The summed E-state index contributed by atoms with van der Waals surface area (Å²) in [4.78, 5) is 24.0. The Balaban J connectivity index is 1.90. The number of aliphatic carboxylic acids is 1. The molecule has 1 aliphatic carbocycles. The van der Waals surface area contributed by atoms with Crippen molar-refractivity contribution in [2.45, 2.75) is 95.8 Å². The summed E-state index contributed by atoms with van der Waals surface area (Å²) < 4.78 is 15.2. The van der Waals surface area contributed by atoms with Crippen LogP contribution >= 0.6 is 0 Å². The highest BCUT2D eigenvalue weighted by Crippen LogP contribution is 2.29. The highest BCUT2D eigenvalue weighted by Gasteiger charge is 2.28. The number of carboxylic acids is 1. The van der Waals surface area contributed by atoms with Crippen LogP contribution in [0.4, 0.5) is 4.39 Å². The molecular weight excluding hydrogens is 453 g/mol. The first-order valence-electron chi connectivity index (χ1n) is 12.4. The Kier molecular flexibility index (Phi) is 9.40. The smallest absolute Gasteiger partial charge is 0.272 e. The van der Waals surface area contributed by atoms with Crippen molar-refractivity contribution in [3.05, 3.63) is 47.0 Å². The number of amides is 1. The van der Waals surface area contributed by atoms with E-state index in [4.69, 9.17) is 0 Å². The van der Waals surface area contributed by atoms with Gasteiger partial charge < -0.3 is 25.4 Å². The maximum atomic E-state index is 13.6. The minimum atomic E-state index is -1.38. The predicted octanol–water partition coefficient (Wildman–Crippen LogP) is 2.38. The van der Waals surface area contributed by atoms with Gasteiger partial charge in [0.1, 0.15) is 5.82 Å². The molecule has 192 valence electrons. The molecule has 1 aliphatic rings. The standard InChI is InChI=1S/C26H36FN3O5/c1-16(2)24-22(13-12-20(31)14-21(32)15-23(33)34)30(19-10-8-17(27)9-11-19)29-25(24)26(35)28-18-6-4-3-5-7-18/h8-11,16,18,20-21,31-32H,3-7,12-15H2,1-2H3,(H,28,35)(H,33,34)/p-1/t20-,21-/m1/s1. The molecule has 1 fully saturated rings. The van der Waals surface area contributed by atoms with E-state index in [2.05, 4.69) is 10.4 Å². The van der Waals surface area contributed by atoms with Gasteiger partial charge in [0.05, 0.1) is 17.9 Å². The van der Waals surface area contributed by atoms with Gasteiger partial charge in [0.15, 0.2) is 5.69 Å². The molecule has 0 saturated heterocycles. The minimum absolute atomic E-state index is 0.0490. The second kappa shape index (κ2) is 12.3. The summed E-state index contributed by atoms with van der Waals surface area (Å²) in [7, 11) is 0. The summed E-state index contributed by atoms with van der Waals surface area (Å²) >= 11 is 0. The molecule has 0 unspecified atom stereocenters. The van der Waals surface area contributed by atoms with E-state index >= 15 is 0 Å². The number of aromatic nitrogens is 2. The number of aliphatic hydroxyl groups excluding tert-OH is 2. The molecule has 3 N–H and O–H groups in total. The average Bonchev–Trinajstić information content (AvgIpc) is 3.18.